The number of rotatable bonds is 8. The van der Waals surface area contributed by atoms with Crippen molar-refractivity contribution in [2.75, 3.05) is 6.61 Å². The summed E-state index contributed by atoms with van der Waals surface area (Å²) in [5.41, 5.74) is 1.85. The minimum absolute atomic E-state index is 0.240. The van der Waals surface area contributed by atoms with Crippen molar-refractivity contribution < 1.29 is 9.53 Å². The highest BCUT2D eigenvalue weighted by molar-refractivity contribution is 5.89. The van der Waals surface area contributed by atoms with Gasteiger partial charge in [0.1, 0.15) is 6.61 Å². The Morgan fingerprint density at radius 2 is 1.90 bits per heavy atom. The Bertz CT molecular complexity index is 420. The van der Waals surface area contributed by atoms with Crippen LogP contribution in [0.5, 0.6) is 0 Å². The van der Waals surface area contributed by atoms with E-state index in [2.05, 4.69) is 26.8 Å². The number of hydrogen-bond donors (Lipinski definition) is 0. The summed E-state index contributed by atoms with van der Waals surface area (Å²) in [6.45, 7) is 6.98. The first-order chi connectivity index (χ1) is 9.67. The molecule has 2 heteroatoms. The smallest absolute Gasteiger partial charge is 0.338 e. The fourth-order valence-corrected chi connectivity index (χ4v) is 2.28. The Balaban J connectivity index is 2.56. The molecule has 1 rings (SSSR count). The average molecular weight is 274 g/mol. The van der Waals surface area contributed by atoms with Crippen LogP contribution in [0.1, 0.15) is 56.8 Å². The second-order valence-electron chi connectivity index (χ2n) is 5.28. The zero-order valence-electron chi connectivity index (χ0n) is 12.9. The second kappa shape index (κ2) is 9.35. The van der Waals surface area contributed by atoms with E-state index in [9.17, 15) is 4.79 Å². The molecule has 1 unspecified atom stereocenters. The molecule has 2 nitrogen and oxygen atoms in total. The quantitative estimate of drug-likeness (QED) is 0.492. The van der Waals surface area contributed by atoms with Crippen LogP contribution in [0, 0.1) is 5.92 Å². The molecule has 20 heavy (non-hydrogen) atoms. The van der Waals surface area contributed by atoms with Crippen LogP contribution in [0.3, 0.4) is 0 Å². The predicted octanol–water partition coefficient (Wildman–Crippen LogP) is 5.01. The van der Waals surface area contributed by atoms with Gasteiger partial charge in [0.25, 0.3) is 0 Å². The van der Waals surface area contributed by atoms with E-state index in [-0.39, 0.29) is 5.97 Å². The van der Waals surface area contributed by atoms with E-state index < -0.39 is 0 Å². The molecular formula is C18H26O2. The van der Waals surface area contributed by atoms with Gasteiger partial charge >= 0.3 is 5.97 Å². The molecule has 0 amide bonds. The highest BCUT2D eigenvalue weighted by Crippen LogP contribution is 2.14. The Labute approximate surface area is 122 Å². The van der Waals surface area contributed by atoms with Crippen molar-refractivity contribution in [3.63, 3.8) is 0 Å². The van der Waals surface area contributed by atoms with Gasteiger partial charge in [-0.25, -0.2) is 4.79 Å². The van der Waals surface area contributed by atoms with Crippen molar-refractivity contribution >= 4 is 5.97 Å². The molecule has 0 saturated carbocycles. The number of allylic oxidation sites excluding steroid dienone is 1. The summed E-state index contributed by atoms with van der Waals surface area (Å²) in [5, 5.41) is 0. The van der Waals surface area contributed by atoms with Gasteiger partial charge in [-0.3, -0.25) is 0 Å². The lowest BCUT2D eigenvalue weighted by Gasteiger charge is -2.11. The first kappa shape index (κ1) is 16.5. The zero-order chi connectivity index (χ0) is 14.8. The van der Waals surface area contributed by atoms with Crippen LogP contribution in [-0.2, 0) is 4.74 Å². The third kappa shape index (κ3) is 6.05. The molecule has 0 saturated heterocycles. The van der Waals surface area contributed by atoms with Crippen LogP contribution in [0.2, 0.25) is 0 Å². The van der Waals surface area contributed by atoms with Crippen LogP contribution in [0.25, 0.3) is 0 Å². The Morgan fingerprint density at radius 3 is 2.50 bits per heavy atom. The third-order valence-corrected chi connectivity index (χ3v) is 3.23. The Morgan fingerprint density at radius 1 is 1.20 bits per heavy atom. The zero-order valence-corrected chi connectivity index (χ0v) is 12.9. The maximum Gasteiger partial charge on any atom is 0.338 e. The normalized spacial score (nSPS) is 13.1. The minimum atomic E-state index is -0.240. The third-order valence-electron chi connectivity index (χ3n) is 3.23. The Hall–Kier alpha value is -1.57. The predicted molar refractivity (Wildman–Crippen MR) is 83.8 cm³/mol. The van der Waals surface area contributed by atoms with E-state index in [1.165, 1.54) is 18.4 Å². The first-order valence-electron chi connectivity index (χ1n) is 7.59. The summed E-state index contributed by atoms with van der Waals surface area (Å²) < 4.78 is 5.41. The van der Waals surface area contributed by atoms with Gasteiger partial charge in [-0.05, 0) is 36.5 Å². The molecule has 0 bridgehead atoms. The summed E-state index contributed by atoms with van der Waals surface area (Å²) >= 11 is 0. The summed E-state index contributed by atoms with van der Waals surface area (Å²) in [6.07, 6.45) is 6.70. The SMILES string of the molecule is CCC/C(=C/C(C)CCC)COC(=O)c1ccccc1. The van der Waals surface area contributed by atoms with Crippen molar-refractivity contribution in [1.29, 1.82) is 0 Å². The standard InChI is InChI=1S/C18H26O2/c1-4-9-15(3)13-16(10-5-2)14-20-18(19)17-11-7-6-8-12-17/h6-8,11-13,15H,4-5,9-10,14H2,1-3H3/b16-13-. The van der Waals surface area contributed by atoms with Gasteiger partial charge in [-0.2, -0.15) is 0 Å². The number of benzene rings is 1. The average Bonchev–Trinajstić information content (AvgIpc) is 2.46. The number of esters is 1. The van der Waals surface area contributed by atoms with E-state index in [0.29, 0.717) is 18.1 Å². The summed E-state index contributed by atoms with van der Waals surface area (Å²) in [4.78, 5) is 11.9. The first-order valence-corrected chi connectivity index (χ1v) is 7.59. The van der Waals surface area contributed by atoms with Crippen molar-refractivity contribution in [3.05, 3.63) is 47.5 Å². The van der Waals surface area contributed by atoms with Gasteiger partial charge < -0.3 is 4.74 Å². The van der Waals surface area contributed by atoms with Gasteiger partial charge in [0.15, 0.2) is 0 Å². The molecule has 0 aliphatic carbocycles. The largest absolute Gasteiger partial charge is 0.458 e. The van der Waals surface area contributed by atoms with Crippen molar-refractivity contribution in [2.45, 2.75) is 46.5 Å². The summed E-state index contributed by atoms with van der Waals surface area (Å²) in [6, 6.07) is 9.16. The molecule has 1 aromatic rings. The van der Waals surface area contributed by atoms with Crippen LogP contribution >= 0.6 is 0 Å². The maximum atomic E-state index is 11.9. The molecule has 1 aromatic carbocycles. The minimum Gasteiger partial charge on any atom is -0.458 e. The molecule has 0 radical (unpaired) electrons. The van der Waals surface area contributed by atoms with Gasteiger partial charge in [0.05, 0.1) is 5.56 Å². The maximum absolute atomic E-state index is 11.9. The molecule has 0 heterocycles. The molecule has 0 N–H and O–H groups in total. The summed E-state index contributed by atoms with van der Waals surface area (Å²) in [7, 11) is 0. The Kier molecular flexibility index (Phi) is 7.71. The molecule has 110 valence electrons. The van der Waals surface area contributed by atoms with E-state index in [1.807, 2.05) is 18.2 Å². The summed E-state index contributed by atoms with van der Waals surface area (Å²) in [5.74, 6) is 0.313. The van der Waals surface area contributed by atoms with E-state index in [4.69, 9.17) is 4.74 Å². The van der Waals surface area contributed by atoms with Gasteiger partial charge in [-0.15, -0.1) is 0 Å². The van der Waals surface area contributed by atoms with Gasteiger partial charge in [-0.1, -0.05) is 57.9 Å². The fraction of sp³-hybridized carbons (Fsp3) is 0.500. The van der Waals surface area contributed by atoms with Crippen LogP contribution in [0.4, 0.5) is 0 Å². The lowest BCUT2D eigenvalue weighted by Crippen LogP contribution is -2.09. The van der Waals surface area contributed by atoms with Crippen LogP contribution in [-0.4, -0.2) is 12.6 Å². The van der Waals surface area contributed by atoms with Gasteiger partial charge in [0.2, 0.25) is 0 Å². The monoisotopic (exact) mass is 274 g/mol. The van der Waals surface area contributed by atoms with E-state index >= 15 is 0 Å². The van der Waals surface area contributed by atoms with Crippen LogP contribution in [0.15, 0.2) is 42.0 Å². The molecule has 0 aromatic heterocycles. The van der Waals surface area contributed by atoms with Crippen molar-refractivity contribution in [1.82, 2.24) is 0 Å². The number of hydrogen-bond acceptors (Lipinski definition) is 2. The van der Waals surface area contributed by atoms with Crippen molar-refractivity contribution in [3.8, 4) is 0 Å². The van der Waals surface area contributed by atoms with Gasteiger partial charge in [0, 0.05) is 0 Å². The second-order valence-corrected chi connectivity index (χ2v) is 5.28. The molecular weight excluding hydrogens is 248 g/mol. The van der Waals surface area contributed by atoms with Crippen LogP contribution < -0.4 is 0 Å². The topological polar surface area (TPSA) is 26.3 Å². The molecule has 0 spiro atoms. The van der Waals surface area contributed by atoms with E-state index in [1.54, 1.807) is 12.1 Å². The number of carbonyl (C=O) groups excluding carboxylic acids is 1. The lowest BCUT2D eigenvalue weighted by atomic mass is 10.0. The van der Waals surface area contributed by atoms with Crippen molar-refractivity contribution in [2.24, 2.45) is 5.92 Å². The lowest BCUT2D eigenvalue weighted by molar-refractivity contribution is 0.0536. The molecule has 0 aliphatic rings. The highest BCUT2D eigenvalue weighted by atomic mass is 16.5. The molecule has 0 fully saturated rings. The number of ether oxygens (including phenoxy) is 1. The molecule has 1 atom stereocenters. The number of carbonyl (C=O) groups is 1. The fourth-order valence-electron chi connectivity index (χ4n) is 2.28. The highest BCUT2D eigenvalue weighted by Gasteiger charge is 2.08. The van der Waals surface area contributed by atoms with E-state index in [0.717, 1.165) is 12.8 Å². The molecule has 0 aliphatic heterocycles.